The zero-order valence-corrected chi connectivity index (χ0v) is 13.5. The summed E-state index contributed by atoms with van der Waals surface area (Å²) in [7, 11) is 0. The second-order valence-electron chi connectivity index (χ2n) is 5.54. The minimum atomic E-state index is 0.104. The Morgan fingerprint density at radius 2 is 2.25 bits per heavy atom. The summed E-state index contributed by atoms with van der Waals surface area (Å²) in [5.41, 5.74) is 0. The molecule has 3 N–H and O–H groups in total. The molecule has 2 saturated heterocycles. The predicted molar refractivity (Wildman–Crippen MR) is 83.0 cm³/mol. The number of thioether (sulfide) groups is 1. The molecular weight excluding hydrogens is 290 g/mol. The molecule has 3 rings (SSSR count). The summed E-state index contributed by atoms with van der Waals surface area (Å²) in [4.78, 5) is 17.4. The second kappa shape index (κ2) is 6.47. The molecule has 110 valence electrons. The molecule has 1 amide bonds. The standard InChI is InChI=1S/C14H21N3OS2/c1-11-13(18)17(9-8-16-6-4-15-5-7-16)14(20-11)12-3-2-10-19-12/h2-3,10-11,14-15H,4-9H2,1H3/p+2/t11-,14+/m0/s1. The maximum Gasteiger partial charge on any atom is 0.236 e. The maximum atomic E-state index is 12.4. The van der Waals surface area contributed by atoms with Gasteiger partial charge < -0.3 is 15.1 Å². The molecule has 0 aliphatic carbocycles. The van der Waals surface area contributed by atoms with Crippen LogP contribution in [0.2, 0.25) is 0 Å². The SMILES string of the molecule is C[C@@H]1S[C@H](c2cccs2)N(CC[NH+]2CC[NH2+]CC2)C1=O. The van der Waals surface area contributed by atoms with Crippen LogP contribution in [0.15, 0.2) is 17.5 Å². The molecule has 0 unspecified atom stereocenters. The molecule has 2 atom stereocenters. The number of carbonyl (C=O) groups excluding carboxylic acids is 1. The third kappa shape index (κ3) is 3.03. The molecule has 1 aromatic heterocycles. The van der Waals surface area contributed by atoms with E-state index in [4.69, 9.17) is 0 Å². The lowest BCUT2D eigenvalue weighted by Crippen LogP contribution is -3.20. The van der Waals surface area contributed by atoms with E-state index in [9.17, 15) is 4.79 Å². The van der Waals surface area contributed by atoms with Crippen LogP contribution in [0.1, 0.15) is 17.2 Å². The van der Waals surface area contributed by atoms with Crippen LogP contribution < -0.4 is 10.2 Å². The summed E-state index contributed by atoms with van der Waals surface area (Å²) >= 11 is 3.56. The van der Waals surface area contributed by atoms with E-state index in [1.165, 1.54) is 31.1 Å². The Kier molecular flexibility index (Phi) is 4.65. The summed E-state index contributed by atoms with van der Waals surface area (Å²) < 4.78 is 0. The smallest absolute Gasteiger partial charge is 0.236 e. The number of hydrogen-bond acceptors (Lipinski definition) is 3. The van der Waals surface area contributed by atoms with E-state index in [1.54, 1.807) is 28.0 Å². The first-order valence-corrected chi connectivity index (χ1v) is 9.22. The normalized spacial score (nSPS) is 28.2. The van der Waals surface area contributed by atoms with Gasteiger partial charge in [0.2, 0.25) is 5.91 Å². The van der Waals surface area contributed by atoms with Crippen LogP contribution in [0.3, 0.4) is 0 Å². The van der Waals surface area contributed by atoms with Gasteiger partial charge in [-0.1, -0.05) is 6.07 Å². The molecule has 1 aromatic rings. The summed E-state index contributed by atoms with van der Waals surface area (Å²) in [6.45, 7) is 8.94. The lowest BCUT2D eigenvalue weighted by molar-refractivity contribution is -0.946. The van der Waals surface area contributed by atoms with E-state index in [2.05, 4.69) is 27.7 Å². The van der Waals surface area contributed by atoms with Crippen LogP contribution in [-0.4, -0.2) is 55.3 Å². The maximum absolute atomic E-state index is 12.4. The fourth-order valence-electron chi connectivity index (χ4n) is 2.96. The molecule has 0 saturated carbocycles. The molecule has 0 aromatic carbocycles. The van der Waals surface area contributed by atoms with E-state index >= 15 is 0 Å². The number of piperazine rings is 1. The van der Waals surface area contributed by atoms with E-state index < -0.39 is 0 Å². The van der Waals surface area contributed by atoms with Gasteiger partial charge in [0.25, 0.3) is 0 Å². The number of nitrogens with one attached hydrogen (secondary N) is 1. The first-order chi connectivity index (χ1) is 9.75. The van der Waals surface area contributed by atoms with Crippen molar-refractivity contribution in [3.8, 4) is 0 Å². The highest BCUT2D eigenvalue weighted by atomic mass is 32.2. The Morgan fingerprint density at radius 3 is 2.95 bits per heavy atom. The number of carbonyl (C=O) groups is 1. The highest BCUT2D eigenvalue weighted by molar-refractivity contribution is 8.01. The highest BCUT2D eigenvalue weighted by Gasteiger charge is 2.39. The first kappa shape index (κ1) is 14.4. The van der Waals surface area contributed by atoms with Crippen LogP contribution in [0, 0.1) is 0 Å². The predicted octanol–water partition coefficient (Wildman–Crippen LogP) is -0.827. The van der Waals surface area contributed by atoms with Crippen LogP contribution >= 0.6 is 23.1 Å². The number of hydrogen-bond donors (Lipinski definition) is 2. The van der Waals surface area contributed by atoms with Crippen molar-refractivity contribution in [2.24, 2.45) is 0 Å². The van der Waals surface area contributed by atoms with Gasteiger partial charge in [0.05, 0.1) is 18.3 Å². The van der Waals surface area contributed by atoms with Crippen molar-refractivity contribution in [1.29, 1.82) is 0 Å². The third-order valence-corrected chi connectivity index (χ3v) is 6.59. The molecule has 4 nitrogen and oxygen atoms in total. The highest BCUT2D eigenvalue weighted by Crippen LogP contribution is 2.43. The number of rotatable bonds is 4. The van der Waals surface area contributed by atoms with Crippen LogP contribution in [0.5, 0.6) is 0 Å². The van der Waals surface area contributed by atoms with Crippen LogP contribution in [0.25, 0.3) is 0 Å². The molecule has 2 aliphatic rings. The zero-order valence-electron chi connectivity index (χ0n) is 11.9. The van der Waals surface area contributed by atoms with Gasteiger partial charge in [-0.3, -0.25) is 4.79 Å². The van der Waals surface area contributed by atoms with Crippen molar-refractivity contribution < 1.29 is 15.0 Å². The van der Waals surface area contributed by atoms with E-state index in [-0.39, 0.29) is 10.6 Å². The lowest BCUT2D eigenvalue weighted by atomic mass is 10.3. The van der Waals surface area contributed by atoms with Gasteiger partial charge in [-0.2, -0.15) is 0 Å². The number of amides is 1. The number of nitrogens with zero attached hydrogens (tertiary/aromatic N) is 1. The summed E-state index contributed by atoms with van der Waals surface area (Å²) in [5, 5.41) is 4.84. The summed E-state index contributed by atoms with van der Waals surface area (Å²) in [6, 6.07) is 4.24. The molecule has 0 spiro atoms. The fourth-order valence-corrected chi connectivity index (χ4v) is 5.22. The minimum Gasteiger partial charge on any atom is -0.337 e. The van der Waals surface area contributed by atoms with Crippen LogP contribution in [-0.2, 0) is 4.79 Å². The Balaban J connectivity index is 1.63. The molecule has 2 fully saturated rings. The fraction of sp³-hybridized carbons (Fsp3) is 0.643. The first-order valence-electron chi connectivity index (χ1n) is 7.40. The Bertz CT molecular complexity index is 445. The van der Waals surface area contributed by atoms with Gasteiger partial charge in [-0.15, -0.1) is 23.1 Å². The van der Waals surface area contributed by atoms with Crippen molar-refractivity contribution in [2.75, 3.05) is 39.3 Å². The average Bonchev–Trinajstić information content (AvgIpc) is 3.08. The molecule has 6 heteroatoms. The molecule has 3 heterocycles. The van der Waals surface area contributed by atoms with Crippen molar-refractivity contribution in [1.82, 2.24) is 4.90 Å². The van der Waals surface area contributed by atoms with Crippen LogP contribution in [0.4, 0.5) is 0 Å². The largest absolute Gasteiger partial charge is 0.337 e. The van der Waals surface area contributed by atoms with Crippen molar-refractivity contribution >= 4 is 29.0 Å². The van der Waals surface area contributed by atoms with E-state index in [0.29, 0.717) is 5.91 Å². The van der Waals surface area contributed by atoms with Gasteiger partial charge >= 0.3 is 0 Å². The Hall–Kier alpha value is -0.560. The third-order valence-electron chi connectivity index (χ3n) is 4.14. The van der Waals surface area contributed by atoms with E-state index in [1.807, 2.05) is 6.92 Å². The molecular formula is C14H23N3OS2+2. The van der Waals surface area contributed by atoms with E-state index in [0.717, 1.165) is 13.1 Å². The number of quaternary nitrogens is 2. The number of thiophene rings is 1. The quantitative estimate of drug-likeness (QED) is 0.762. The topological polar surface area (TPSA) is 41.4 Å². The van der Waals surface area contributed by atoms with Gasteiger partial charge in [-0.05, 0) is 18.4 Å². The Morgan fingerprint density at radius 1 is 1.45 bits per heavy atom. The van der Waals surface area contributed by atoms with Gasteiger partial charge in [0, 0.05) is 4.88 Å². The minimum absolute atomic E-state index is 0.104. The molecule has 0 bridgehead atoms. The molecule has 0 radical (unpaired) electrons. The van der Waals surface area contributed by atoms with Gasteiger partial charge in [-0.25, -0.2) is 0 Å². The van der Waals surface area contributed by atoms with Gasteiger partial charge in [0.15, 0.2) is 0 Å². The van der Waals surface area contributed by atoms with Crippen molar-refractivity contribution in [2.45, 2.75) is 17.5 Å². The molecule has 2 aliphatic heterocycles. The van der Waals surface area contributed by atoms with Gasteiger partial charge in [0.1, 0.15) is 31.6 Å². The molecule has 20 heavy (non-hydrogen) atoms. The second-order valence-corrected chi connectivity index (χ2v) is 7.95. The number of nitrogens with two attached hydrogens (primary N) is 1. The Labute approximate surface area is 128 Å². The monoisotopic (exact) mass is 313 g/mol. The zero-order chi connectivity index (χ0) is 13.9. The average molecular weight is 313 g/mol. The summed E-state index contributed by atoms with van der Waals surface area (Å²) in [6.07, 6.45) is 0. The summed E-state index contributed by atoms with van der Waals surface area (Å²) in [5.74, 6) is 0.316. The van der Waals surface area contributed by atoms with Crippen molar-refractivity contribution in [3.63, 3.8) is 0 Å². The lowest BCUT2D eigenvalue weighted by Gasteiger charge is -2.27. The van der Waals surface area contributed by atoms with Crippen molar-refractivity contribution in [3.05, 3.63) is 22.4 Å².